The Morgan fingerprint density at radius 1 is 1.29 bits per heavy atom. The minimum atomic E-state index is -3.47. The fourth-order valence-corrected chi connectivity index (χ4v) is 3.34. The molecule has 1 aromatic carbocycles. The predicted molar refractivity (Wildman–Crippen MR) is 85.9 cm³/mol. The predicted octanol–water partition coefficient (Wildman–Crippen LogP) is 1.61. The van der Waals surface area contributed by atoms with E-state index < -0.39 is 10.0 Å². The van der Waals surface area contributed by atoms with Crippen molar-refractivity contribution >= 4 is 32.7 Å². The standard InChI is InChI=1S/C13H18N4O2S2/c1-16(2)21(18,19)11-4-5-12(14)13(6-11)17(3)7-10-8-20-9-15-10/h4-6,8-9H,7,14H2,1-3H3. The summed E-state index contributed by atoms with van der Waals surface area (Å²) in [6, 6.07) is 4.73. The van der Waals surface area contributed by atoms with E-state index in [0.717, 1.165) is 5.69 Å². The highest BCUT2D eigenvalue weighted by molar-refractivity contribution is 7.89. The normalized spacial score (nSPS) is 11.8. The summed E-state index contributed by atoms with van der Waals surface area (Å²) in [5.41, 5.74) is 9.86. The van der Waals surface area contributed by atoms with Crippen molar-refractivity contribution < 1.29 is 8.42 Å². The summed E-state index contributed by atoms with van der Waals surface area (Å²) in [4.78, 5) is 6.33. The summed E-state index contributed by atoms with van der Waals surface area (Å²) in [6.45, 7) is 0.569. The van der Waals surface area contributed by atoms with Crippen molar-refractivity contribution in [2.45, 2.75) is 11.4 Å². The zero-order chi connectivity index (χ0) is 15.6. The fraction of sp³-hybridized carbons (Fsp3) is 0.308. The van der Waals surface area contributed by atoms with E-state index in [1.54, 1.807) is 17.6 Å². The number of nitrogens with two attached hydrogens (primary N) is 1. The summed E-state index contributed by atoms with van der Waals surface area (Å²) in [6.07, 6.45) is 0. The van der Waals surface area contributed by atoms with Gasteiger partial charge in [0.15, 0.2) is 0 Å². The van der Waals surface area contributed by atoms with E-state index >= 15 is 0 Å². The Hall–Kier alpha value is -1.64. The summed E-state index contributed by atoms with van der Waals surface area (Å²) in [5, 5.41) is 1.95. The number of nitrogen functional groups attached to an aromatic ring is 1. The highest BCUT2D eigenvalue weighted by Crippen LogP contribution is 2.27. The Kier molecular flexibility index (Phi) is 4.50. The van der Waals surface area contributed by atoms with Gasteiger partial charge in [-0.25, -0.2) is 17.7 Å². The molecule has 1 aromatic heterocycles. The molecule has 0 saturated carbocycles. The molecule has 6 nitrogen and oxygen atoms in total. The molecular formula is C13H18N4O2S2. The maximum absolute atomic E-state index is 12.2. The van der Waals surface area contributed by atoms with E-state index in [1.807, 2.05) is 17.3 Å². The number of anilines is 2. The van der Waals surface area contributed by atoms with Crippen LogP contribution in [-0.2, 0) is 16.6 Å². The lowest BCUT2D eigenvalue weighted by atomic mass is 10.2. The Morgan fingerprint density at radius 2 is 2.00 bits per heavy atom. The highest BCUT2D eigenvalue weighted by Gasteiger charge is 2.19. The minimum Gasteiger partial charge on any atom is -0.397 e. The van der Waals surface area contributed by atoms with Gasteiger partial charge in [0.1, 0.15) is 0 Å². The van der Waals surface area contributed by atoms with Crippen molar-refractivity contribution in [2.75, 3.05) is 31.8 Å². The molecule has 114 valence electrons. The van der Waals surface area contributed by atoms with Crippen LogP contribution in [0.1, 0.15) is 5.69 Å². The van der Waals surface area contributed by atoms with Crippen LogP contribution in [0.15, 0.2) is 34.0 Å². The third kappa shape index (κ3) is 3.34. The first kappa shape index (κ1) is 15.7. The Bertz CT molecular complexity index is 712. The van der Waals surface area contributed by atoms with E-state index in [4.69, 9.17) is 5.73 Å². The molecule has 0 spiro atoms. The van der Waals surface area contributed by atoms with Gasteiger partial charge in [0.2, 0.25) is 10.0 Å². The number of benzene rings is 1. The van der Waals surface area contributed by atoms with Gasteiger partial charge >= 0.3 is 0 Å². The van der Waals surface area contributed by atoms with Crippen LogP contribution in [0.4, 0.5) is 11.4 Å². The smallest absolute Gasteiger partial charge is 0.242 e. The molecule has 0 amide bonds. The van der Waals surface area contributed by atoms with Crippen molar-refractivity contribution in [1.82, 2.24) is 9.29 Å². The van der Waals surface area contributed by atoms with Crippen LogP contribution >= 0.6 is 11.3 Å². The first-order valence-electron chi connectivity index (χ1n) is 6.22. The Balaban J connectivity index is 2.35. The fourth-order valence-electron chi connectivity index (χ4n) is 1.87. The van der Waals surface area contributed by atoms with Gasteiger partial charge in [-0.3, -0.25) is 0 Å². The lowest BCUT2D eigenvalue weighted by Crippen LogP contribution is -2.23. The van der Waals surface area contributed by atoms with Gasteiger partial charge in [0, 0.05) is 26.5 Å². The molecule has 0 fully saturated rings. The van der Waals surface area contributed by atoms with E-state index in [0.29, 0.717) is 17.9 Å². The molecule has 2 aromatic rings. The van der Waals surface area contributed by atoms with Crippen LogP contribution in [-0.4, -0.2) is 38.9 Å². The van der Waals surface area contributed by atoms with E-state index in [-0.39, 0.29) is 4.90 Å². The van der Waals surface area contributed by atoms with Gasteiger partial charge in [-0.05, 0) is 18.2 Å². The highest BCUT2D eigenvalue weighted by atomic mass is 32.2. The van der Waals surface area contributed by atoms with Crippen molar-refractivity contribution in [3.63, 3.8) is 0 Å². The van der Waals surface area contributed by atoms with E-state index in [2.05, 4.69) is 4.98 Å². The zero-order valence-electron chi connectivity index (χ0n) is 12.1. The lowest BCUT2D eigenvalue weighted by Gasteiger charge is -2.21. The molecule has 0 radical (unpaired) electrons. The van der Waals surface area contributed by atoms with Crippen LogP contribution in [0.3, 0.4) is 0 Å². The molecular weight excluding hydrogens is 308 g/mol. The Morgan fingerprint density at radius 3 is 2.57 bits per heavy atom. The Labute approximate surface area is 128 Å². The number of aromatic nitrogens is 1. The van der Waals surface area contributed by atoms with E-state index in [9.17, 15) is 8.42 Å². The third-order valence-electron chi connectivity index (χ3n) is 3.07. The third-order valence-corrected chi connectivity index (χ3v) is 5.52. The summed E-state index contributed by atoms with van der Waals surface area (Å²) >= 11 is 1.52. The SMILES string of the molecule is CN(Cc1cscn1)c1cc(S(=O)(=O)N(C)C)ccc1N. The van der Waals surface area contributed by atoms with Gasteiger partial charge in [0.05, 0.1) is 34.0 Å². The second-order valence-electron chi connectivity index (χ2n) is 4.84. The summed E-state index contributed by atoms with van der Waals surface area (Å²) < 4.78 is 25.6. The summed E-state index contributed by atoms with van der Waals surface area (Å²) in [5.74, 6) is 0. The van der Waals surface area contributed by atoms with Crippen LogP contribution in [0.2, 0.25) is 0 Å². The first-order chi connectivity index (χ1) is 9.82. The van der Waals surface area contributed by atoms with Gasteiger partial charge in [0.25, 0.3) is 0 Å². The van der Waals surface area contributed by atoms with Crippen molar-refractivity contribution in [2.24, 2.45) is 0 Å². The van der Waals surface area contributed by atoms with Crippen molar-refractivity contribution in [3.05, 3.63) is 34.8 Å². The van der Waals surface area contributed by atoms with Crippen LogP contribution in [0.5, 0.6) is 0 Å². The summed E-state index contributed by atoms with van der Waals surface area (Å²) in [7, 11) is 1.39. The number of nitrogens with zero attached hydrogens (tertiary/aromatic N) is 3. The molecule has 0 bridgehead atoms. The molecule has 21 heavy (non-hydrogen) atoms. The van der Waals surface area contributed by atoms with Gasteiger partial charge in [-0.15, -0.1) is 11.3 Å². The first-order valence-corrected chi connectivity index (χ1v) is 8.61. The van der Waals surface area contributed by atoms with Crippen molar-refractivity contribution in [3.8, 4) is 0 Å². The minimum absolute atomic E-state index is 0.224. The van der Waals surface area contributed by atoms with Crippen molar-refractivity contribution in [1.29, 1.82) is 0 Å². The molecule has 8 heteroatoms. The van der Waals surface area contributed by atoms with Crippen LogP contribution in [0.25, 0.3) is 0 Å². The van der Waals surface area contributed by atoms with E-state index in [1.165, 1.54) is 35.8 Å². The molecule has 0 aliphatic carbocycles. The molecule has 0 aliphatic rings. The molecule has 0 atom stereocenters. The number of hydrogen-bond donors (Lipinski definition) is 1. The molecule has 1 heterocycles. The average molecular weight is 326 g/mol. The topological polar surface area (TPSA) is 79.5 Å². The lowest BCUT2D eigenvalue weighted by molar-refractivity contribution is 0.521. The number of rotatable bonds is 5. The number of sulfonamides is 1. The quantitative estimate of drug-likeness (QED) is 0.845. The molecule has 2 rings (SSSR count). The molecule has 0 aliphatic heterocycles. The molecule has 2 N–H and O–H groups in total. The zero-order valence-corrected chi connectivity index (χ0v) is 13.8. The second kappa shape index (κ2) is 6.00. The number of hydrogen-bond acceptors (Lipinski definition) is 6. The monoisotopic (exact) mass is 326 g/mol. The van der Waals surface area contributed by atoms with Crippen LogP contribution in [0, 0.1) is 0 Å². The van der Waals surface area contributed by atoms with Gasteiger partial charge < -0.3 is 10.6 Å². The molecule has 0 saturated heterocycles. The number of thiazole rings is 1. The molecule has 0 unspecified atom stereocenters. The second-order valence-corrected chi connectivity index (χ2v) is 7.71. The maximum Gasteiger partial charge on any atom is 0.242 e. The maximum atomic E-state index is 12.2. The average Bonchev–Trinajstić information content (AvgIpc) is 2.91. The largest absolute Gasteiger partial charge is 0.397 e. The van der Waals surface area contributed by atoms with Gasteiger partial charge in [-0.1, -0.05) is 0 Å². The van der Waals surface area contributed by atoms with Gasteiger partial charge in [-0.2, -0.15) is 0 Å². The van der Waals surface area contributed by atoms with Crippen LogP contribution < -0.4 is 10.6 Å².